The lowest BCUT2D eigenvalue weighted by Gasteiger charge is -2.28. The molecule has 2 N–H and O–H groups in total. The van der Waals surface area contributed by atoms with Gasteiger partial charge < -0.3 is 10.5 Å². The summed E-state index contributed by atoms with van der Waals surface area (Å²) in [5.41, 5.74) is 8.92. The van der Waals surface area contributed by atoms with Crippen LogP contribution in [0.1, 0.15) is 31.2 Å². The van der Waals surface area contributed by atoms with Gasteiger partial charge in [-0.1, -0.05) is 67.5 Å². The van der Waals surface area contributed by atoms with E-state index in [4.69, 9.17) is 10.5 Å². The van der Waals surface area contributed by atoms with Crippen molar-refractivity contribution in [3.8, 4) is 0 Å². The molecule has 0 aliphatic heterocycles. The maximum atomic E-state index is 10.8. The number of Topliss-reactive ketones (excluding diaryl/α,β-unsaturated/α-hetero) is 1. The van der Waals surface area contributed by atoms with Crippen molar-refractivity contribution in [1.29, 1.82) is 0 Å². The van der Waals surface area contributed by atoms with Gasteiger partial charge in [-0.15, -0.1) is 0 Å². The summed E-state index contributed by atoms with van der Waals surface area (Å²) in [6.45, 7) is 0.694. The minimum Gasteiger partial charge on any atom is -0.372 e. The van der Waals surface area contributed by atoms with Gasteiger partial charge in [-0.3, -0.25) is 4.79 Å². The van der Waals surface area contributed by atoms with Crippen molar-refractivity contribution in [3.63, 3.8) is 0 Å². The largest absolute Gasteiger partial charge is 0.372 e. The molecule has 23 heavy (non-hydrogen) atoms. The minimum absolute atomic E-state index is 0.185. The van der Waals surface area contributed by atoms with Gasteiger partial charge in [0.2, 0.25) is 0 Å². The molecule has 2 unspecified atom stereocenters. The zero-order valence-electron chi connectivity index (χ0n) is 13.3. The van der Waals surface area contributed by atoms with E-state index in [0.717, 1.165) is 24.0 Å². The van der Waals surface area contributed by atoms with Gasteiger partial charge in [0.15, 0.2) is 5.78 Å². The van der Waals surface area contributed by atoms with Gasteiger partial charge in [-0.25, -0.2) is 0 Å². The number of rotatable bonds is 3. The van der Waals surface area contributed by atoms with Gasteiger partial charge in [0.1, 0.15) is 0 Å². The van der Waals surface area contributed by atoms with E-state index in [1.54, 1.807) is 0 Å². The molecule has 0 saturated heterocycles. The van der Waals surface area contributed by atoms with Crippen molar-refractivity contribution in [3.05, 3.63) is 71.3 Å². The van der Waals surface area contributed by atoms with Gasteiger partial charge in [0, 0.05) is 17.2 Å². The van der Waals surface area contributed by atoms with Crippen LogP contribution in [-0.2, 0) is 16.1 Å². The van der Waals surface area contributed by atoms with Crippen molar-refractivity contribution in [2.45, 2.75) is 44.4 Å². The summed E-state index contributed by atoms with van der Waals surface area (Å²) in [6.07, 6.45) is 12.4. The number of carbonyl (C=O) groups excluding carboxylic acids is 1. The van der Waals surface area contributed by atoms with Gasteiger partial charge >= 0.3 is 0 Å². The van der Waals surface area contributed by atoms with Crippen molar-refractivity contribution >= 4 is 5.78 Å². The molecule has 1 saturated carbocycles. The van der Waals surface area contributed by atoms with E-state index in [1.807, 2.05) is 42.5 Å². The molecule has 0 radical (unpaired) electrons. The fourth-order valence-corrected chi connectivity index (χ4v) is 3.05. The monoisotopic (exact) mass is 309 g/mol. The molecule has 3 aliphatic carbocycles. The Morgan fingerprint density at radius 3 is 2.17 bits per heavy atom. The Morgan fingerprint density at radius 2 is 1.65 bits per heavy atom. The van der Waals surface area contributed by atoms with Crippen LogP contribution in [-0.4, -0.2) is 17.9 Å². The number of hydrogen-bond donors (Lipinski definition) is 1. The lowest BCUT2D eigenvalue weighted by molar-refractivity contribution is -0.111. The van der Waals surface area contributed by atoms with Crippen molar-refractivity contribution in [1.82, 2.24) is 0 Å². The first-order valence-electron chi connectivity index (χ1n) is 8.30. The quantitative estimate of drug-likeness (QED) is 0.930. The van der Waals surface area contributed by atoms with Crippen molar-refractivity contribution < 1.29 is 9.53 Å². The fraction of sp³-hybridized carbons (Fsp3) is 0.350. The molecule has 0 heterocycles. The Kier molecular flexibility index (Phi) is 5.21. The van der Waals surface area contributed by atoms with Gasteiger partial charge in [0.25, 0.3) is 0 Å². The summed E-state index contributed by atoms with van der Waals surface area (Å²) in [4.78, 5) is 10.8. The Bertz CT molecular complexity index is 619. The summed E-state index contributed by atoms with van der Waals surface area (Å²) in [5, 5.41) is 0. The van der Waals surface area contributed by atoms with E-state index < -0.39 is 0 Å². The summed E-state index contributed by atoms with van der Waals surface area (Å²) < 4.78 is 5.86. The first kappa shape index (κ1) is 15.9. The normalized spacial score (nSPS) is 24.8. The number of ketones is 1. The highest BCUT2D eigenvalue weighted by Gasteiger charge is 2.22. The third kappa shape index (κ3) is 4.06. The molecule has 2 bridgehead atoms. The van der Waals surface area contributed by atoms with Crippen LogP contribution in [0, 0.1) is 0 Å². The Hall–Kier alpha value is -1.97. The van der Waals surface area contributed by atoms with Crippen LogP contribution >= 0.6 is 0 Å². The lowest BCUT2D eigenvalue weighted by atomic mass is 9.93. The summed E-state index contributed by atoms with van der Waals surface area (Å²) in [6, 6.07) is 10.5. The molecule has 3 nitrogen and oxygen atoms in total. The van der Waals surface area contributed by atoms with Crippen LogP contribution in [0.2, 0.25) is 0 Å². The highest BCUT2D eigenvalue weighted by molar-refractivity contribution is 6.17. The number of benzene rings is 1. The zero-order valence-corrected chi connectivity index (χ0v) is 13.3. The maximum absolute atomic E-state index is 10.8. The Labute approximate surface area is 137 Å². The smallest absolute Gasteiger partial charge is 0.193 e. The first-order chi connectivity index (χ1) is 11.2. The molecule has 0 aromatic heterocycles. The second-order valence-electron chi connectivity index (χ2n) is 6.19. The highest BCUT2D eigenvalue weighted by Crippen LogP contribution is 2.23. The molecule has 1 aromatic carbocycles. The summed E-state index contributed by atoms with van der Waals surface area (Å²) >= 11 is 0. The van der Waals surface area contributed by atoms with Crippen LogP contribution in [0.5, 0.6) is 0 Å². The highest BCUT2D eigenvalue weighted by atomic mass is 16.5. The third-order valence-electron chi connectivity index (χ3n) is 4.47. The maximum Gasteiger partial charge on any atom is 0.193 e. The third-order valence-corrected chi connectivity index (χ3v) is 4.47. The number of ether oxygens (including phenoxy) is 1. The standard InChI is InChI=1S/C13H19NO.C7H4O/c14-12-8-4-5-9-13(12)15-10-11-6-2-1-3-7-11;8-7-5-1-2-6(7)4-3-5/h1-3,6-7,12-13H,4-5,8-10,14H2;1-4H. The lowest BCUT2D eigenvalue weighted by Crippen LogP contribution is -2.39. The average Bonchev–Trinajstić information content (AvgIpc) is 3.13. The molecule has 3 heteroatoms. The van der Waals surface area contributed by atoms with E-state index in [2.05, 4.69) is 12.1 Å². The molecule has 120 valence electrons. The minimum atomic E-state index is 0.185. The second kappa shape index (κ2) is 7.53. The second-order valence-corrected chi connectivity index (χ2v) is 6.19. The van der Waals surface area contributed by atoms with E-state index in [1.165, 1.54) is 18.4 Å². The fourth-order valence-electron chi connectivity index (χ4n) is 3.05. The molecule has 0 amide bonds. The number of allylic oxidation sites excluding steroid dienone is 6. The van der Waals surface area contributed by atoms with Gasteiger partial charge in [-0.2, -0.15) is 0 Å². The van der Waals surface area contributed by atoms with E-state index in [9.17, 15) is 4.79 Å². The average molecular weight is 309 g/mol. The van der Waals surface area contributed by atoms with Gasteiger partial charge in [-0.05, 0) is 18.4 Å². The summed E-state index contributed by atoms with van der Waals surface area (Å²) in [7, 11) is 0. The van der Waals surface area contributed by atoms with E-state index in [-0.39, 0.29) is 17.9 Å². The Morgan fingerprint density at radius 1 is 1.00 bits per heavy atom. The zero-order chi connectivity index (χ0) is 16.1. The summed E-state index contributed by atoms with van der Waals surface area (Å²) in [5.74, 6) is 0.185. The molecule has 4 rings (SSSR count). The van der Waals surface area contributed by atoms with Crippen LogP contribution in [0.4, 0.5) is 0 Å². The van der Waals surface area contributed by atoms with Gasteiger partial charge in [0.05, 0.1) is 12.7 Å². The molecular weight excluding hydrogens is 286 g/mol. The predicted molar refractivity (Wildman–Crippen MR) is 91.8 cm³/mol. The van der Waals surface area contributed by atoms with Crippen molar-refractivity contribution in [2.75, 3.05) is 0 Å². The SMILES string of the molecule is NC1CCCCC1OCc1ccccc1.O=C1C2=CC=C1C=C2. The van der Waals surface area contributed by atoms with E-state index >= 15 is 0 Å². The van der Waals surface area contributed by atoms with Crippen LogP contribution in [0.25, 0.3) is 0 Å². The molecular formula is C20H23NO2. The number of fused-ring (bicyclic) bond motifs is 2. The van der Waals surface area contributed by atoms with Crippen LogP contribution in [0.3, 0.4) is 0 Å². The number of carbonyl (C=O) groups is 1. The molecule has 3 aliphatic rings. The van der Waals surface area contributed by atoms with Crippen molar-refractivity contribution in [2.24, 2.45) is 5.73 Å². The van der Waals surface area contributed by atoms with Crippen LogP contribution in [0.15, 0.2) is 65.8 Å². The molecule has 1 fully saturated rings. The topological polar surface area (TPSA) is 52.3 Å². The molecule has 2 atom stereocenters. The Balaban J connectivity index is 0.000000162. The number of nitrogens with two attached hydrogens (primary N) is 1. The molecule has 0 spiro atoms. The van der Waals surface area contributed by atoms with E-state index in [0.29, 0.717) is 6.61 Å². The number of hydrogen-bond acceptors (Lipinski definition) is 3. The van der Waals surface area contributed by atoms with Crippen LogP contribution < -0.4 is 5.73 Å². The predicted octanol–water partition coefficient (Wildman–Crippen LogP) is 3.46. The first-order valence-corrected chi connectivity index (χ1v) is 8.30. The molecule has 1 aromatic rings.